The van der Waals surface area contributed by atoms with Gasteiger partial charge in [0, 0.05) is 5.69 Å². The lowest BCUT2D eigenvalue weighted by Gasteiger charge is -2.34. The van der Waals surface area contributed by atoms with Crippen LogP contribution in [0.15, 0.2) is 42.5 Å². The Bertz CT molecular complexity index is 727. The Labute approximate surface area is 137 Å². The van der Waals surface area contributed by atoms with Gasteiger partial charge < -0.3 is 10.1 Å². The summed E-state index contributed by atoms with van der Waals surface area (Å²) in [6, 6.07) is 13.5. The molecule has 2 aromatic carbocycles. The fraction of sp³-hybridized carbons (Fsp3) is 0.316. The first-order chi connectivity index (χ1) is 11.1. The summed E-state index contributed by atoms with van der Waals surface area (Å²) in [6.07, 6.45) is 0.886. The van der Waals surface area contributed by atoms with E-state index in [-0.39, 0.29) is 12.1 Å². The first-order valence-corrected chi connectivity index (χ1v) is 8.00. The van der Waals surface area contributed by atoms with Crippen LogP contribution in [-0.4, -0.2) is 18.7 Å². The summed E-state index contributed by atoms with van der Waals surface area (Å²) < 4.78 is 5.92. The molecular weight excluding hydrogens is 288 g/mol. The molecule has 4 nitrogen and oxygen atoms in total. The predicted octanol–water partition coefficient (Wildman–Crippen LogP) is 4.51. The average Bonchev–Trinajstić information content (AvgIpc) is 2.57. The molecule has 0 saturated carbocycles. The van der Waals surface area contributed by atoms with Gasteiger partial charge in [-0.25, -0.2) is 4.79 Å². The third kappa shape index (κ3) is 3.16. The highest BCUT2D eigenvalue weighted by Crippen LogP contribution is 2.34. The van der Waals surface area contributed by atoms with Gasteiger partial charge in [0.2, 0.25) is 0 Å². The maximum absolute atomic E-state index is 12.7. The zero-order chi connectivity index (χ0) is 16.4. The van der Waals surface area contributed by atoms with E-state index in [2.05, 4.69) is 19.2 Å². The van der Waals surface area contributed by atoms with Crippen molar-refractivity contribution in [3.63, 3.8) is 0 Å². The van der Waals surface area contributed by atoms with Crippen LogP contribution >= 0.6 is 0 Å². The van der Waals surface area contributed by atoms with E-state index in [0.29, 0.717) is 6.54 Å². The summed E-state index contributed by atoms with van der Waals surface area (Å²) >= 11 is 0. The summed E-state index contributed by atoms with van der Waals surface area (Å²) in [5, 5.41) is 3.00. The van der Waals surface area contributed by atoms with Gasteiger partial charge in [0.25, 0.3) is 0 Å². The van der Waals surface area contributed by atoms with Crippen molar-refractivity contribution in [2.24, 2.45) is 0 Å². The Morgan fingerprint density at radius 3 is 2.74 bits per heavy atom. The van der Waals surface area contributed by atoms with Gasteiger partial charge in [0.15, 0.2) is 0 Å². The maximum Gasteiger partial charge on any atom is 0.326 e. The number of urea groups is 1. The van der Waals surface area contributed by atoms with E-state index >= 15 is 0 Å². The fourth-order valence-corrected chi connectivity index (χ4v) is 2.71. The second-order valence-electron chi connectivity index (χ2n) is 5.96. The number of hydrogen-bond acceptors (Lipinski definition) is 2. The second-order valence-corrected chi connectivity index (χ2v) is 5.96. The van der Waals surface area contributed by atoms with E-state index in [9.17, 15) is 4.79 Å². The molecular formula is C19H22N2O2. The molecule has 0 aromatic heterocycles. The Morgan fingerprint density at radius 1 is 1.22 bits per heavy atom. The van der Waals surface area contributed by atoms with Crippen molar-refractivity contribution in [3.8, 4) is 5.75 Å². The van der Waals surface area contributed by atoms with E-state index in [1.165, 1.54) is 5.56 Å². The number of carbonyl (C=O) groups is 1. The lowest BCUT2D eigenvalue weighted by Crippen LogP contribution is -2.45. The number of nitrogens with zero attached hydrogens (tertiary/aromatic N) is 1. The van der Waals surface area contributed by atoms with Crippen molar-refractivity contribution in [2.45, 2.75) is 33.3 Å². The van der Waals surface area contributed by atoms with Crippen LogP contribution in [0.4, 0.5) is 16.2 Å². The van der Waals surface area contributed by atoms with E-state index in [0.717, 1.165) is 29.1 Å². The highest BCUT2D eigenvalue weighted by molar-refractivity contribution is 6.03. The van der Waals surface area contributed by atoms with E-state index in [1.807, 2.05) is 49.4 Å². The fourth-order valence-electron chi connectivity index (χ4n) is 2.71. The van der Waals surface area contributed by atoms with Crippen molar-refractivity contribution in [1.29, 1.82) is 0 Å². The number of aryl methyl sites for hydroxylation is 2. The van der Waals surface area contributed by atoms with E-state index in [1.54, 1.807) is 4.90 Å². The number of ether oxygens (including phenoxy) is 1. The highest BCUT2D eigenvalue weighted by Gasteiger charge is 2.28. The van der Waals surface area contributed by atoms with Crippen molar-refractivity contribution in [1.82, 2.24) is 0 Å². The molecule has 23 heavy (non-hydrogen) atoms. The van der Waals surface area contributed by atoms with Crippen LogP contribution in [0.3, 0.4) is 0 Å². The number of fused-ring (bicyclic) bond motifs is 1. The third-order valence-electron chi connectivity index (χ3n) is 4.29. The molecule has 1 atom stereocenters. The topological polar surface area (TPSA) is 41.6 Å². The van der Waals surface area contributed by atoms with Gasteiger partial charge in [0.05, 0.1) is 12.2 Å². The van der Waals surface area contributed by atoms with Crippen LogP contribution in [0.1, 0.15) is 24.5 Å². The average molecular weight is 310 g/mol. The van der Waals surface area contributed by atoms with Crippen LogP contribution in [0, 0.1) is 13.8 Å². The van der Waals surface area contributed by atoms with Crippen LogP contribution in [-0.2, 0) is 0 Å². The molecule has 3 rings (SSSR count). The lowest BCUT2D eigenvalue weighted by molar-refractivity contribution is 0.188. The first kappa shape index (κ1) is 15.4. The van der Waals surface area contributed by atoms with Crippen LogP contribution in [0.25, 0.3) is 0 Å². The Kier molecular flexibility index (Phi) is 4.24. The number of carbonyl (C=O) groups excluding carboxylic acids is 1. The molecule has 0 saturated heterocycles. The lowest BCUT2D eigenvalue weighted by atomic mass is 10.1. The smallest absolute Gasteiger partial charge is 0.326 e. The number of anilines is 2. The summed E-state index contributed by atoms with van der Waals surface area (Å²) in [5.74, 6) is 0.765. The van der Waals surface area contributed by atoms with Crippen LogP contribution in [0.2, 0.25) is 0 Å². The van der Waals surface area contributed by atoms with Crippen molar-refractivity contribution >= 4 is 17.4 Å². The molecule has 120 valence electrons. The normalized spacial score (nSPS) is 16.5. The number of nitrogens with one attached hydrogen (secondary N) is 1. The Hall–Kier alpha value is -2.49. The number of para-hydroxylation sites is 2. The number of rotatable bonds is 2. The van der Waals surface area contributed by atoms with Gasteiger partial charge in [-0.2, -0.15) is 0 Å². The Morgan fingerprint density at radius 2 is 2.00 bits per heavy atom. The summed E-state index contributed by atoms with van der Waals surface area (Å²) in [5.41, 5.74) is 4.01. The van der Waals surface area contributed by atoms with Gasteiger partial charge in [-0.1, -0.05) is 25.1 Å². The highest BCUT2D eigenvalue weighted by atomic mass is 16.5. The molecule has 0 radical (unpaired) electrons. The molecule has 0 aliphatic carbocycles. The minimum Gasteiger partial charge on any atom is -0.486 e. The van der Waals surface area contributed by atoms with Crippen LogP contribution < -0.4 is 15.0 Å². The van der Waals surface area contributed by atoms with Crippen molar-refractivity contribution < 1.29 is 9.53 Å². The van der Waals surface area contributed by atoms with E-state index in [4.69, 9.17) is 4.74 Å². The molecule has 4 heteroatoms. The molecule has 0 bridgehead atoms. The quantitative estimate of drug-likeness (QED) is 0.886. The molecule has 1 aliphatic rings. The number of benzene rings is 2. The third-order valence-corrected chi connectivity index (χ3v) is 4.29. The van der Waals surface area contributed by atoms with Gasteiger partial charge in [-0.05, 0) is 55.7 Å². The minimum absolute atomic E-state index is 0.0235. The zero-order valence-corrected chi connectivity index (χ0v) is 13.8. The maximum atomic E-state index is 12.7. The monoisotopic (exact) mass is 310 g/mol. The Balaban J connectivity index is 1.84. The van der Waals surface area contributed by atoms with Gasteiger partial charge in [-0.3, -0.25) is 4.90 Å². The predicted molar refractivity (Wildman–Crippen MR) is 93.4 cm³/mol. The molecule has 0 unspecified atom stereocenters. The number of hydrogen-bond donors (Lipinski definition) is 1. The summed E-state index contributed by atoms with van der Waals surface area (Å²) in [7, 11) is 0. The molecule has 1 aliphatic heterocycles. The first-order valence-electron chi connectivity index (χ1n) is 8.00. The van der Waals surface area contributed by atoms with Gasteiger partial charge >= 0.3 is 6.03 Å². The van der Waals surface area contributed by atoms with Crippen LogP contribution in [0.5, 0.6) is 5.75 Å². The van der Waals surface area contributed by atoms with Crippen molar-refractivity contribution in [2.75, 3.05) is 16.8 Å². The summed E-state index contributed by atoms with van der Waals surface area (Å²) in [4.78, 5) is 14.5. The largest absolute Gasteiger partial charge is 0.486 e. The molecule has 1 heterocycles. The molecule has 0 spiro atoms. The zero-order valence-electron chi connectivity index (χ0n) is 13.8. The summed E-state index contributed by atoms with van der Waals surface area (Å²) in [6.45, 7) is 6.73. The second kappa shape index (κ2) is 6.32. The minimum atomic E-state index is -0.123. The van der Waals surface area contributed by atoms with Gasteiger partial charge in [0.1, 0.15) is 11.9 Å². The molecule has 0 fully saturated rings. The van der Waals surface area contributed by atoms with Crippen molar-refractivity contribution in [3.05, 3.63) is 53.6 Å². The standard InChI is InChI=1S/C19H22N2O2/c1-4-16-12-21(17-7-5-6-8-18(17)23-16)19(22)20-15-10-9-13(2)14(3)11-15/h5-11,16H,4,12H2,1-3H3,(H,20,22)/t16-/m1/s1. The molecule has 2 aromatic rings. The van der Waals surface area contributed by atoms with E-state index < -0.39 is 0 Å². The molecule has 2 amide bonds. The molecule has 1 N–H and O–H groups in total. The van der Waals surface area contributed by atoms with Gasteiger partial charge in [-0.15, -0.1) is 0 Å². The number of amides is 2. The SMILES string of the molecule is CC[C@@H]1CN(C(=O)Nc2ccc(C)c(C)c2)c2ccccc2O1.